The van der Waals surface area contributed by atoms with E-state index in [9.17, 15) is 13.2 Å². The molecule has 2 bridgehead atoms. The molecule has 6 heteroatoms. The van der Waals surface area contributed by atoms with Gasteiger partial charge in [-0.05, 0) is 80.7 Å². The molecule has 1 aliphatic carbocycles. The largest absolute Gasteiger partial charge is 0.343 e. The molecular formula is C29H38N2O3S. The first-order chi connectivity index (χ1) is 16.7. The van der Waals surface area contributed by atoms with Crippen LogP contribution in [0.2, 0.25) is 0 Å². The maximum Gasteiger partial charge on any atom is 0.252 e. The Morgan fingerprint density at radius 2 is 1.77 bits per heavy atom. The van der Waals surface area contributed by atoms with Crippen LogP contribution in [0.5, 0.6) is 0 Å². The van der Waals surface area contributed by atoms with Crippen molar-refractivity contribution in [2.45, 2.75) is 69.4 Å². The number of hydrogen-bond donors (Lipinski definition) is 1. The van der Waals surface area contributed by atoms with Gasteiger partial charge in [-0.1, -0.05) is 43.3 Å². The monoisotopic (exact) mass is 494 g/mol. The van der Waals surface area contributed by atoms with E-state index in [2.05, 4.69) is 16.8 Å². The Morgan fingerprint density at radius 3 is 2.34 bits per heavy atom. The second kappa shape index (κ2) is 10.3. The number of sulfone groups is 1. The third-order valence-corrected chi connectivity index (χ3v) is 9.93. The highest BCUT2D eigenvalue weighted by Crippen LogP contribution is 2.49. The van der Waals surface area contributed by atoms with Crippen molar-refractivity contribution in [1.82, 2.24) is 10.2 Å². The van der Waals surface area contributed by atoms with E-state index in [1.807, 2.05) is 57.2 Å². The van der Waals surface area contributed by atoms with Crippen molar-refractivity contribution in [2.24, 2.45) is 5.92 Å². The molecule has 2 aromatic carbocycles. The number of aryl methyl sites for hydroxylation is 2. The highest BCUT2D eigenvalue weighted by atomic mass is 32.2. The van der Waals surface area contributed by atoms with Crippen LogP contribution in [0.1, 0.15) is 72.1 Å². The maximum absolute atomic E-state index is 13.7. The Kier molecular flexibility index (Phi) is 7.53. The molecule has 2 saturated heterocycles. The van der Waals surface area contributed by atoms with Crippen LogP contribution in [0.15, 0.2) is 60.0 Å². The number of nitrogens with zero attached hydrogens (tertiary/aromatic N) is 1. The average molecular weight is 495 g/mol. The van der Waals surface area contributed by atoms with Crippen LogP contribution in [0, 0.1) is 19.8 Å². The molecule has 188 valence electrons. The molecular weight excluding hydrogens is 456 g/mol. The summed E-state index contributed by atoms with van der Waals surface area (Å²) in [6.07, 6.45) is 6.82. The molecule has 0 aromatic heterocycles. The van der Waals surface area contributed by atoms with E-state index >= 15 is 0 Å². The van der Waals surface area contributed by atoms with Crippen LogP contribution in [-0.4, -0.2) is 43.6 Å². The molecule has 2 heterocycles. The lowest BCUT2D eigenvalue weighted by molar-refractivity contribution is -0.0504. The molecule has 1 unspecified atom stereocenters. The summed E-state index contributed by atoms with van der Waals surface area (Å²) < 4.78 is 25.3. The Balaban J connectivity index is 1.77. The van der Waals surface area contributed by atoms with E-state index in [4.69, 9.17) is 0 Å². The highest BCUT2D eigenvalue weighted by Gasteiger charge is 2.51. The number of piperidine rings is 2. The molecule has 0 spiro atoms. The lowest BCUT2D eigenvalue weighted by atomic mass is 9.65. The van der Waals surface area contributed by atoms with Gasteiger partial charge in [-0.2, -0.15) is 0 Å². The number of benzene rings is 2. The standard InChI is InChI=1S/C29H38N2O3S/c1-5-18-31-20-23-14-16-29(31,17-15-23)27(30-28(32)26-21(3)8-7-9-22(26)4)24-10-12-25(13-11-24)35(33,34)19-6-2/h5,7-13,23,27H,1,6,14-20H2,2-4H3,(H,30,32). The minimum atomic E-state index is -3.30. The summed E-state index contributed by atoms with van der Waals surface area (Å²) in [4.78, 5) is 16.6. The van der Waals surface area contributed by atoms with E-state index in [0.717, 1.165) is 61.0 Å². The van der Waals surface area contributed by atoms with Crippen molar-refractivity contribution in [3.8, 4) is 0 Å². The molecule has 35 heavy (non-hydrogen) atoms. The van der Waals surface area contributed by atoms with Crippen LogP contribution in [-0.2, 0) is 9.84 Å². The molecule has 1 N–H and O–H groups in total. The molecule has 0 radical (unpaired) electrons. The van der Waals surface area contributed by atoms with E-state index < -0.39 is 9.84 Å². The number of hydrogen-bond acceptors (Lipinski definition) is 4. The van der Waals surface area contributed by atoms with Crippen LogP contribution in [0.25, 0.3) is 0 Å². The first kappa shape index (κ1) is 25.6. The fourth-order valence-electron chi connectivity index (χ4n) is 6.21. The van der Waals surface area contributed by atoms with Gasteiger partial charge < -0.3 is 5.32 Å². The van der Waals surface area contributed by atoms with Crippen LogP contribution in [0.4, 0.5) is 0 Å². The van der Waals surface area contributed by atoms with Crippen molar-refractivity contribution < 1.29 is 13.2 Å². The molecule has 3 fully saturated rings. The van der Waals surface area contributed by atoms with Crippen LogP contribution >= 0.6 is 0 Å². The van der Waals surface area contributed by atoms with Crippen molar-refractivity contribution in [1.29, 1.82) is 0 Å². The van der Waals surface area contributed by atoms with Gasteiger partial charge in [0.25, 0.3) is 5.91 Å². The Morgan fingerprint density at radius 1 is 1.14 bits per heavy atom. The number of rotatable bonds is 9. The first-order valence-corrected chi connectivity index (χ1v) is 14.4. The van der Waals surface area contributed by atoms with Gasteiger partial charge in [-0.3, -0.25) is 9.69 Å². The quantitative estimate of drug-likeness (QED) is 0.475. The molecule has 1 amide bonds. The van der Waals surface area contributed by atoms with Gasteiger partial charge in [0.05, 0.1) is 16.7 Å². The van der Waals surface area contributed by atoms with Gasteiger partial charge in [0, 0.05) is 24.2 Å². The second-order valence-corrected chi connectivity index (χ2v) is 12.4. The first-order valence-electron chi connectivity index (χ1n) is 12.8. The van der Waals surface area contributed by atoms with Crippen molar-refractivity contribution in [3.63, 3.8) is 0 Å². The number of nitrogens with one attached hydrogen (secondary N) is 1. The van der Waals surface area contributed by atoms with Crippen molar-refractivity contribution in [2.75, 3.05) is 18.8 Å². The van der Waals surface area contributed by atoms with Crippen LogP contribution in [0.3, 0.4) is 0 Å². The number of carbonyl (C=O) groups is 1. The zero-order valence-corrected chi connectivity index (χ0v) is 22.0. The lowest BCUT2D eigenvalue weighted by Crippen LogP contribution is -2.64. The van der Waals surface area contributed by atoms with Crippen molar-refractivity contribution >= 4 is 15.7 Å². The van der Waals surface area contributed by atoms with Gasteiger partial charge in [0.1, 0.15) is 0 Å². The van der Waals surface area contributed by atoms with Gasteiger partial charge in [-0.25, -0.2) is 8.42 Å². The third-order valence-electron chi connectivity index (χ3n) is 8.00. The third kappa shape index (κ3) is 4.96. The molecule has 1 atom stereocenters. The SMILES string of the molecule is C=CCN1CC2CCC1(C(NC(=O)c1c(C)cccc1C)c1ccc(S(=O)(=O)CCC)cc1)CC2. The zero-order valence-electron chi connectivity index (χ0n) is 21.2. The summed E-state index contributed by atoms with van der Waals surface area (Å²) in [5.74, 6) is 0.750. The predicted octanol–water partition coefficient (Wildman–Crippen LogP) is 5.39. The normalized spacial score (nSPS) is 23.1. The zero-order chi connectivity index (χ0) is 25.2. The maximum atomic E-state index is 13.7. The molecule has 5 rings (SSSR count). The second-order valence-electron chi connectivity index (χ2n) is 10.3. The summed E-state index contributed by atoms with van der Waals surface area (Å²) in [6.45, 7) is 11.6. The molecule has 5 nitrogen and oxygen atoms in total. The van der Waals surface area contributed by atoms with E-state index in [1.165, 1.54) is 0 Å². The van der Waals surface area contributed by atoms with Gasteiger partial charge in [0.2, 0.25) is 0 Å². The van der Waals surface area contributed by atoms with E-state index in [0.29, 0.717) is 17.2 Å². The van der Waals surface area contributed by atoms with Crippen LogP contribution < -0.4 is 5.32 Å². The van der Waals surface area contributed by atoms with Gasteiger partial charge >= 0.3 is 0 Å². The highest BCUT2D eigenvalue weighted by molar-refractivity contribution is 7.91. The summed E-state index contributed by atoms with van der Waals surface area (Å²) in [5, 5.41) is 3.42. The summed E-state index contributed by atoms with van der Waals surface area (Å²) >= 11 is 0. The molecule has 2 aliphatic heterocycles. The van der Waals surface area contributed by atoms with Crippen molar-refractivity contribution in [3.05, 3.63) is 77.4 Å². The number of carbonyl (C=O) groups excluding carboxylic acids is 1. The summed E-state index contributed by atoms with van der Waals surface area (Å²) in [7, 11) is -3.30. The summed E-state index contributed by atoms with van der Waals surface area (Å²) in [6, 6.07) is 12.9. The van der Waals surface area contributed by atoms with E-state index in [1.54, 1.807) is 12.1 Å². The Hall–Kier alpha value is -2.44. The topological polar surface area (TPSA) is 66.5 Å². The minimum Gasteiger partial charge on any atom is -0.343 e. The smallest absolute Gasteiger partial charge is 0.252 e. The average Bonchev–Trinajstić information content (AvgIpc) is 2.83. The Labute approximate surface area is 210 Å². The number of fused-ring (bicyclic) bond motifs is 3. The predicted molar refractivity (Wildman–Crippen MR) is 141 cm³/mol. The molecule has 3 aliphatic rings. The van der Waals surface area contributed by atoms with Gasteiger partial charge in [-0.15, -0.1) is 6.58 Å². The summed E-state index contributed by atoms with van der Waals surface area (Å²) in [5.41, 5.74) is 3.36. The minimum absolute atomic E-state index is 0.0751. The Bertz CT molecular complexity index is 1160. The molecule has 1 saturated carbocycles. The fourth-order valence-corrected chi connectivity index (χ4v) is 7.54. The van der Waals surface area contributed by atoms with E-state index in [-0.39, 0.29) is 23.2 Å². The molecule has 2 aromatic rings. The van der Waals surface area contributed by atoms with Gasteiger partial charge in [0.15, 0.2) is 9.84 Å². The number of amides is 1. The lowest BCUT2D eigenvalue weighted by Gasteiger charge is -2.58. The fraction of sp³-hybridized carbons (Fsp3) is 0.483.